The number of sulfonamides is 1. The van der Waals surface area contributed by atoms with Crippen LogP contribution in [0, 0.1) is 20.8 Å². The molecule has 4 rings (SSSR count). The second-order valence-electron chi connectivity index (χ2n) is 10.9. The predicted molar refractivity (Wildman–Crippen MR) is 165 cm³/mol. The van der Waals surface area contributed by atoms with Crippen LogP contribution in [-0.4, -0.2) is 47.5 Å². The number of nitrogens with zero attached hydrogens (tertiary/aromatic N) is 2. The smallest absolute Gasteiger partial charge is 0.479 e. The lowest BCUT2D eigenvalue weighted by molar-refractivity contribution is -0.122. The van der Waals surface area contributed by atoms with E-state index in [0.29, 0.717) is 28.9 Å². The number of aliphatic hydroxyl groups is 1. The predicted octanol–water partition coefficient (Wildman–Crippen LogP) is 7.21. The van der Waals surface area contributed by atoms with Crippen molar-refractivity contribution < 1.29 is 40.8 Å². The van der Waals surface area contributed by atoms with Gasteiger partial charge >= 0.3 is 5.51 Å². The highest BCUT2D eigenvalue weighted by molar-refractivity contribution is 7.95. The number of carbonyl (C=O) groups is 1. The van der Waals surface area contributed by atoms with Crippen molar-refractivity contribution in [1.29, 1.82) is 0 Å². The van der Waals surface area contributed by atoms with Crippen LogP contribution < -0.4 is 8.49 Å². The van der Waals surface area contributed by atoms with Crippen molar-refractivity contribution in [3.8, 4) is 28.1 Å². The van der Waals surface area contributed by atoms with Gasteiger partial charge in [-0.2, -0.15) is 13.2 Å². The van der Waals surface area contributed by atoms with Crippen molar-refractivity contribution in [1.82, 2.24) is 4.98 Å². The Bertz CT molecular complexity index is 1550. The first-order valence-electron chi connectivity index (χ1n) is 13.2. The maximum Gasteiger partial charge on any atom is 0.479 e. The molecular formula is C30H37F3N2O6S2. The van der Waals surface area contributed by atoms with Crippen LogP contribution in [0.3, 0.4) is 0 Å². The summed E-state index contributed by atoms with van der Waals surface area (Å²) in [6.45, 7) is 12.8. The molecule has 1 aromatic heterocycles. The number of pyridine rings is 1. The van der Waals surface area contributed by atoms with Gasteiger partial charge in [-0.15, -0.1) is 0 Å². The molecule has 0 spiro atoms. The molecule has 2 aromatic carbocycles. The SMILES string of the molecule is CC(C)(C)O.CCc1c(C)c2c(c(C)c1-c1ccc(C)cc1)-c1ncc(OSC(F)(F)F)cc1CN2S(C)(=O)=O.O=CO. The number of halogens is 3. The number of fused-ring (bicyclic) bond motifs is 3. The molecule has 0 fully saturated rings. The van der Waals surface area contributed by atoms with Gasteiger partial charge in [-0.05, 0) is 81.8 Å². The van der Waals surface area contributed by atoms with Gasteiger partial charge in [0.25, 0.3) is 6.47 Å². The van der Waals surface area contributed by atoms with E-state index in [9.17, 15) is 21.6 Å². The molecule has 2 N–H and O–H groups in total. The molecule has 43 heavy (non-hydrogen) atoms. The molecule has 0 radical (unpaired) electrons. The average Bonchev–Trinajstić information content (AvgIpc) is 2.87. The highest BCUT2D eigenvalue weighted by Gasteiger charge is 2.35. The fourth-order valence-electron chi connectivity index (χ4n) is 4.69. The van der Waals surface area contributed by atoms with Crippen LogP contribution in [-0.2, 0) is 27.8 Å². The fourth-order valence-corrected chi connectivity index (χ4v) is 5.91. The molecule has 0 saturated carbocycles. The maximum atomic E-state index is 12.9. The van der Waals surface area contributed by atoms with Crippen LogP contribution in [0.4, 0.5) is 18.9 Å². The van der Waals surface area contributed by atoms with Gasteiger partial charge in [0.2, 0.25) is 10.0 Å². The van der Waals surface area contributed by atoms with Crippen LogP contribution in [0.25, 0.3) is 22.4 Å². The standard InChI is InChI=1S/C25H25F3N2O3S2.C4H10O.CH2O2/c1-6-20-15(3)24-22(16(4)21(20)17-9-7-14(2)8-10-17)23-18(13-30(24)35(5,31)32)11-19(12-29-23)33-34-25(26,27)28;1-4(2,3)5;2-1-3/h7-12H,6,13H2,1-5H3;5H,1-3H3;1H,(H,2,3). The third kappa shape index (κ3) is 9.60. The summed E-state index contributed by atoms with van der Waals surface area (Å²) in [5, 5.41) is 15.4. The van der Waals surface area contributed by atoms with Gasteiger partial charge in [-0.25, -0.2) is 8.42 Å². The zero-order valence-corrected chi connectivity index (χ0v) is 27.0. The van der Waals surface area contributed by atoms with Gasteiger partial charge in [0.05, 0.1) is 36.0 Å². The second kappa shape index (κ2) is 14.0. The normalized spacial score (nSPS) is 12.6. The number of carboxylic acid groups (broad SMARTS) is 1. The topological polar surface area (TPSA) is 117 Å². The Balaban J connectivity index is 0.000000719. The molecule has 1 aliphatic heterocycles. The van der Waals surface area contributed by atoms with E-state index in [1.807, 2.05) is 52.0 Å². The lowest BCUT2D eigenvalue weighted by Crippen LogP contribution is -2.34. The summed E-state index contributed by atoms with van der Waals surface area (Å²) in [7, 11) is -3.70. The minimum Gasteiger partial charge on any atom is -0.483 e. The summed E-state index contributed by atoms with van der Waals surface area (Å²) in [5.41, 5.74) is 3.08. The Kier molecular flexibility index (Phi) is 11.7. The largest absolute Gasteiger partial charge is 0.483 e. The number of aromatic nitrogens is 1. The number of anilines is 1. The van der Waals surface area contributed by atoms with Gasteiger partial charge in [0, 0.05) is 11.1 Å². The third-order valence-electron chi connectivity index (χ3n) is 6.16. The summed E-state index contributed by atoms with van der Waals surface area (Å²) in [4.78, 5) is 12.8. The van der Waals surface area contributed by atoms with Crippen molar-refractivity contribution in [2.75, 3.05) is 10.6 Å². The molecule has 13 heteroatoms. The molecule has 0 atom stereocenters. The van der Waals surface area contributed by atoms with E-state index in [4.69, 9.17) is 19.2 Å². The van der Waals surface area contributed by atoms with E-state index in [1.165, 1.54) is 16.6 Å². The number of hydrogen-bond donors (Lipinski definition) is 2. The van der Waals surface area contributed by atoms with Gasteiger partial charge in [0.1, 0.15) is 0 Å². The Morgan fingerprint density at radius 1 is 1.07 bits per heavy atom. The van der Waals surface area contributed by atoms with Crippen LogP contribution in [0.2, 0.25) is 0 Å². The van der Waals surface area contributed by atoms with Crippen LogP contribution in [0.1, 0.15) is 55.5 Å². The van der Waals surface area contributed by atoms with Crippen molar-refractivity contribution in [2.45, 2.75) is 72.5 Å². The summed E-state index contributed by atoms with van der Waals surface area (Å²) in [6.07, 6.45) is 3.07. The van der Waals surface area contributed by atoms with Crippen molar-refractivity contribution in [3.63, 3.8) is 0 Å². The fraction of sp³-hybridized carbons (Fsp3) is 0.400. The van der Waals surface area contributed by atoms with Crippen LogP contribution in [0.5, 0.6) is 5.75 Å². The molecule has 0 bridgehead atoms. The monoisotopic (exact) mass is 642 g/mol. The lowest BCUT2D eigenvalue weighted by atomic mass is 9.82. The number of hydrogen-bond acceptors (Lipinski definition) is 7. The molecule has 0 unspecified atom stereocenters. The molecular weight excluding hydrogens is 605 g/mol. The molecule has 0 amide bonds. The van der Waals surface area contributed by atoms with E-state index < -0.39 is 33.2 Å². The summed E-state index contributed by atoms with van der Waals surface area (Å²) in [6, 6.07) is 9.56. The Morgan fingerprint density at radius 3 is 2.07 bits per heavy atom. The molecule has 2 heterocycles. The van der Waals surface area contributed by atoms with Gasteiger partial charge < -0.3 is 14.4 Å². The number of benzene rings is 2. The highest BCUT2D eigenvalue weighted by Crippen LogP contribution is 2.49. The first kappa shape index (κ1) is 35.9. The minimum absolute atomic E-state index is 0.0463. The quantitative estimate of drug-likeness (QED) is 0.222. The van der Waals surface area contributed by atoms with Gasteiger partial charge in [-0.1, -0.05) is 36.8 Å². The molecule has 0 aliphatic carbocycles. The first-order chi connectivity index (χ1) is 19.7. The summed E-state index contributed by atoms with van der Waals surface area (Å²) in [5.74, 6) is -0.0960. The summed E-state index contributed by atoms with van der Waals surface area (Å²) >= 11 is -0.631. The van der Waals surface area contributed by atoms with Crippen molar-refractivity contribution in [2.24, 2.45) is 0 Å². The Hall–Kier alpha value is -3.29. The summed E-state index contributed by atoms with van der Waals surface area (Å²) < 4.78 is 69.7. The van der Waals surface area contributed by atoms with Gasteiger partial charge in [-0.3, -0.25) is 14.1 Å². The number of rotatable bonds is 5. The Morgan fingerprint density at radius 2 is 1.60 bits per heavy atom. The zero-order valence-electron chi connectivity index (χ0n) is 25.3. The molecule has 3 aromatic rings. The number of alkyl halides is 3. The van der Waals surface area contributed by atoms with Crippen molar-refractivity contribution in [3.05, 3.63) is 64.3 Å². The molecule has 1 aliphatic rings. The van der Waals surface area contributed by atoms with Crippen molar-refractivity contribution >= 4 is 34.2 Å². The van der Waals surface area contributed by atoms with E-state index in [-0.39, 0.29) is 18.8 Å². The third-order valence-corrected chi connectivity index (χ3v) is 7.74. The minimum atomic E-state index is -4.57. The highest BCUT2D eigenvalue weighted by atomic mass is 32.2. The zero-order chi connectivity index (χ0) is 32.9. The van der Waals surface area contributed by atoms with Crippen LogP contribution >= 0.6 is 12.0 Å². The number of aryl methyl sites for hydroxylation is 1. The molecule has 0 saturated heterocycles. The van der Waals surface area contributed by atoms with E-state index in [2.05, 4.69) is 4.98 Å². The van der Waals surface area contributed by atoms with E-state index in [0.717, 1.165) is 39.6 Å². The molecule has 8 nitrogen and oxygen atoms in total. The second-order valence-corrected chi connectivity index (χ2v) is 13.6. The Labute approximate surface area is 255 Å². The van der Waals surface area contributed by atoms with E-state index in [1.54, 1.807) is 20.8 Å². The first-order valence-corrected chi connectivity index (χ1v) is 15.7. The van der Waals surface area contributed by atoms with Gasteiger partial charge in [0.15, 0.2) is 17.8 Å². The average molecular weight is 643 g/mol. The van der Waals surface area contributed by atoms with E-state index >= 15 is 0 Å². The lowest BCUT2D eigenvalue weighted by Gasteiger charge is -2.35. The maximum absolute atomic E-state index is 12.9. The molecule has 236 valence electrons. The van der Waals surface area contributed by atoms with Crippen LogP contribution in [0.15, 0.2) is 36.5 Å².